The van der Waals surface area contributed by atoms with Gasteiger partial charge in [-0.05, 0) is 25.2 Å². The lowest BCUT2D eigenvalue weighted by Crippen LogP contribution is -2.69. The van der Waals surface area contributed by atoms with Crippen LogP contribution in [0, 0.1) is 5.92 Å². The van der Waals surface area contributed by atoms with Gasteiger partial charge in [0.2, 0.25) is 0 Å². The molecule has 3 aliphatic rings. The number of rotatable bonds is 60. The Morgan fingerprint density at radius 2 is 0.714 bits per heavy atom. The number of aliphatic hydroxyl groups excluding tert-OH is 10. The molecule has 2 heterocycles. The van der Waals surface area contributed by atoms with Crippen LogP contribution in [0.2, 0.25) is 0 Å². The third-order valence-corrected chi connectivity index (χ3v) is 20.5. The second-order valence-corrected chi connectivity index (χ2v) is 29.8. The molecule has 24 nitrogen and oxygen atoms in total. The van der Waals surface area contributed by atoms with Gasteiger partial charge in [-0.3, -0.25) is 23.4 Å². The zero-order chi connectivity index (χ0) is 71.9. The maximum atomic E-state index is 14.4. The standard InChI is InChI=1S/C73H137O24P/c1-5-8-11-14-17-19-21-23-24-25-27-29-31-38-43-48-59(77)92-54(50-89-57(75)46-41-37-33-32-35-40-45-53(4)44-39-34-16-13-10-7-3)51-91-98(87,88)97-71-69(95-72-67(85)62(80)60(78)55(49-74)93-72)65(83)64(82)66(84)70(71)96-73-68(86)63(81)61(79)56(94-73)52-90-58(76)47-42-36-30-28-26-22-20-18-15-12-9-6-2/h53-56,60-74,78-86H,5-52H2,1-4H3,(H,87,88). The summed E-state index contributed by atoms with van der Waals surface area (Å²) in [6.07, 6.45) is 10.2. The molecule has 19 atom stereocenters. The average Bonchev–Trinajstić information content (AvgIpc) is 0.764. The zero-order valence-corrected chi connectivity index (χ0v) is 61.4. The SMILES string of the molecule is CCCCCCCCCCCCCCCCCC(=O)OC(COC(=O)CCCCCCCCC(C)CCCCCCCC)COP(=O)(O)OC1C(OC2OC(CO)C(O)C(O)C2O)C(O)C(O)C(O)C1OC1OC(COC(=O)CCCCCCCCCCCCCC)C(O)C(O)C1O. The molecule has 0 aromatic heterocycles. The Morgan fingerprint density at radius 1 is 0.388 bits per heavy atom. The fraction of sp³-hybridized carbons (Fsp3) is 0.959. The van der Waals surface area contributed by atoms with Crippen molar-refractivity contribution < 1.29 is 117 Å². The van der Waals surface area contributed by atoms with Gasteiger partial charge in [0.25, 0.3) is 0 Å². The molecule has 0 amide bonds. The highest BCUT2D eigenvalue weighted by molar-refractivity contribution is 7.47. The molecule has 0 spiro atoms. The highest BCUT2D eigenvalue weighted by Gasteiger charge is 2.58. The predicted molar refractivity (Wildman–Crippen MR) is 370 cm³/mol. The van der Waals surface area contributed by atoms with E-state index in [9.17, 15) is 74.9 Å². The Balaban J connectivity index is 1.74. The Bertz CT molecular complexity index is 2050. The monoisotopic (exact) mass is 1430 g/mol. The minimum Gasteiger partial charge on any atom is -0.463 e. The Morgan fingerprint density at radius 3 is 1.10 bits per heavy atom. The van der Waals surface area contributed by atoms with Crippen molar-refractivity contribution in [3.8, 4) is 0 Å². The number of unbranched alkanes of at least 4 members (excludes halogenated alkanes) is 35. The summed E-state index contributed by atoms with van der Waals surface area (Å²) in [6.45, 7) is 5.79. The Labute approximate surface area is 587 Å². The van der Waals surface area contributed by atoms with Crippen LogP contribution in [-0.2, 0) is 61.2 Å². The van der Waals surface area contributed by atoms with E-state index in [0.717, 1.165) is 96.3 Å². The molecule has 2 saturated heterocycles. The highest BCUT2D eigenvalue weighted by Crippen LogP contribution is 2.49. The summed E-state index contributed by atoms with van der Waals surface area (Å²) in [7, 11) is -5.69. The molecule has 1 aliphatic carbocycles. The number of phosphoric acid groups is 1. The lowest BCUT2D eigenvalue weighted by Gasteiger charge is -2.49. The van der Waals surface area contributed by atoms with Crippen LogP contribution < -0.4 is 0 Å². The zero-order valence-electron chi connectivity index (χ0n) is 60.5. The van der Waals surface area contributed by atoms with Gasteiger partial charge in [-0.1, -0.05) is 272 Å². The van der Waals surface area contributed by atoms with Gasteiger partial charge in [-0.15, -0.1) is 0 Å². The van der Waals surface area contributed by atoms with Gasteiger partial charge in [-0.2, -0.15) is 0 Å². The fourth-order valence-electron chi connectivity index (χ4n) is 13.1. The van der Waals surface area contributed by atoms with Gasteiger partial charge >= 0.3 is 25.7 Å². The van der Waals surface area contributed by atoms with Gasteiger partial charge in [-0.25, -0.2) is 4.57 Å². The van der Waals surface area contributed by atoms with E-state index >= 15 is 0 Å². The van der Waals surface area contributed by atoms with Gasteiger partial charge in [0.15, 0.2) is 18.7 Å². The molecule has 578 valence electrons. The summed E-state index contributed by atoms with van der Waals surface area (Å²) in [5.74, 6) is -1.28. The number of carbonyl (C=O) groups is 3. The molecular formula is C73H137O24P. The predicted octanol–water partition coefficient (Wildman–Crippen LogP) is 10.8. The van der Waals surface area contributed by atoms with Crippen molar-refractivity contribution in [1.29, 1.82) is 0 Å². The normalized spacial score (nSPS) is 27.9. The van der Waals surface area contributed by atoms with E-state index in [1.807, 2.05) is 0 Å². The molecule has 1 saturated carbocycles. The molecule has 2 aliphatic heterocycles. The van der Waals surface area contributed by atoms with Crippen LogP contribution in [0.5, 0.6) is 0 Å². The van der Waals surface area contributed by atoms with Crippen molar-refractivity contribution in [2.45, 2.75) is 414 Å². The molecule has 98 heavy (non-hydrogen) atoms. The molecule has 0 bridgehead atoms. The van der Waals surface area contributed by atoms with Crippen LogP contribution >= 0.6 is 7.82 Å². The molecule has 0 radical (unpaired) electrons. The average molecular weight is 1430 g/mol. The number of aliphatic hydroxyl groups is 10. The first-order chi connectivity index (χ1) is 47.2. The number of hydrogen-bond acceptors (Lipinski definition) is 23. The first-order valence-corrected chi connectivity index (χ1v) is 40.2. The molecular weight excluding hydrogens is 1290 g/mol. The largest absolute Gasteiger partial charge is 0.472 e. The summed E-state index contributed by atoms with van der Waals surface area (Å²) < 4.78 is 65.1. The maximum Gasteiger partial charge on any atom is 0.472 e. The van der Waals surface area contributed by atoms with E-state index in [2.05, 4.69) is 27.7 Å². The van der Waals surface area contributed by atoms with Gasteiger partial charge in [0.1, 0.15) is 98.7 Å². The number of ether oxygens (including phenoxy) is 7. The van der Waals surface area contributed by atoms with Crippen LogP contribution in [0.15, 0.2) is 0 Å². The molecule has 25 heteroatoms. The summed E-state index contributed by atoms with van der Waals surface area (Å²) in [6, 6.07) is 0. The molecule has 3 fully saturated rings. The quantitative estimate of drug-likeness (QED) is 0.0117. The summed E-state index contributed by atoms with van der Waals surface area (Å²) in [5, 5.41) is 110. The van der Waals surface area contributed by atoms with Gasteiger partial charge < -0.3 is 89.1 Å². The van der Waals surface area contributed by atoms with E-state index in [1.54, 1.807) is 0 Å². The van der Waals surface area contributed by atoms with Crippen LogP contribution in [0.4, 0.5) is 0 Å². The van der Waals surface area contributed by atoms with E-state index in [-0.39, 0.29) is 19.3 Å². The number of carbonyl (C=O) groups excluding carboxylic acids is 3. The van der Waals surface area contributed by atoms with Crippen molar-refractivity contribution in [2.24, 2.45) is 5.92 Å². The minimum absolute atomic E-state index is 0.0328. The third kappa shape index (κ3) is 37.6. The molecule has 19 unspecified atom stereocenters. The van der Waals surface area contributed by atoms with E-state index < -0.39 is 156 Å². The van der Waals surface area contributed by atoms with Crippen LogP contribution in [0.25, 0.3) is 0 Å². The van der Waals surface area contributed by atoms with Crippen LogP contribution in [0.1, 0.15) is 310 Å². The van der Waals surface area contributed by atoms with Crippen molar-refractivity contribution in [2.75, 3.05) is 26.4 Å². The summed E-state index contributed by atoms with van der Waals surface area (Å²) in [5.41, 5.74) is 0. The second kappa shape index (κ2) is 54.6. The van der Waals surface area contributed by atoms with E-state index in [0.29, 0.717) is 25.2 Å². The summed E-state index contributed by atoms with van der Waals surface area (Å²) >= 11 is 0. The lowest BCUT2D eigenvalue weighted by atomic mass is 9.84. The number of esters is 3. The van der Waals surface area contributed by atoms with Gasteiger partial charge in [0.05, 0.1) is 13.2 Å². The fourth-order valence-corrected chi connectivity index (χ4v) is 14.1. The van der Waals surface area contributed by atoms with E-state index in [4.69, 9.17) is 42.2 Å². The highest BCUT2D eigenvalue weighted by atomic mass is 31.2. The first kappa shape index (κ1) is 90.2. The number of hydrogen-bond donors (Lipinski definition) is 11. The first-order valence-electron chi connectivity index (χ1n) is 38.7. The van der Waals surface area contributed by atoms with E-state index in [1.165, 1.54) is 148 Å². The minimum atomic E-state index is -5.69. The lowest BCUT2D eigenvalue weighted by molar-refractivity contribution is -0.360. The Hall–Kier alpha value is -2.04. The number of phosphoric ester groups is 1. The van der Waals surface area contributed by atoms with Crippen molar-refractivity contribution in [1.82, 2.24) is 0 Å². The smallest absolute Gasteiger partial charge is 0.463 e. The van der Waals surface area contributed by atoms with Crippen LogP contribution in [0.3, 0.4) is 0 Å². The molecule has 11 N–H and O–H groups in total. The topological polar surface area (TPSA) is 374 Å². The van der Waals surface area contributed by atoms with Crippen molar-refractivity contribution >= 4 is 25.7 Å². The molecule has 3 rings (SSSR count). The Kier molecular flexibility index (Phi) is 50.2. The molecule has 0 aromatic rings. The maximum absolute atomic E-state index is 14.4. The molecule has 0 aromatic carbocycles. The third-order valence-electron chi connectivity index (χ3n) is 19.5. The second-order valence-electron chi connectivity index (χ2n) is 28.4. The van der Waals surface area contributed by atoms with Gasteiger partial charge in [0, 0.05) is 19.3 Å². The van der Waals surface area contributed by atoms with Crippen molar-refractivity contribution in [3.63, 3.8) is 0 Å². The summed E-state index contributed by atoms with van der Waals surface area (Å²) in [4.78, 5) is 51.1. The van der Waals surface area contributed by atoms with Crippen LogP contribution in [-0.4, -0.2) is 204 Å². The van der Waals surface area contributed by atoms with Crippen molar-refractivity contribution in [3.05, 3.63) is 0 Å².